The third-order valence-corrected chi connectivity index (χ3v) is 2.43. The Bertz CT molecular complexity index is 260. The van der Waals surface area contributed by atoms with E-state index in [9.17, 15) is 20.1 Å². The van der Waals surface area contributed by atoms with Crippen molar-refractivity contribution in [2.75, 3.05) is 13.2 Å². The quantitative estimate of drug-likeness (QED) is 0.376. The van der Waals surface area contributed by atoms with Crippen LogP contribution in [0.25, 0.3) is 0 Å². The van der Waals surface area contributed by atoms with Crippen LogP contribution >= 0.6 is 0 Å². The lowest BCUT2D eigenvalue weighted by Gasteiger charge is -2.39. The van der Waals surface area contributed by atoms with E-state index >= 15 is 0 Å². The van der Waals surface area contributed by atoms with Crippen molar-refractivity contribution in [1.82, 2.24) is 5.32 Å². The third-order valence-electron chi connectivity index (χ3n) is 2.43. The van der Waals surface area contributed by atoms with Gasteiger partial charge in [-0.15, -0.1) is 0 Å². The zero-order valence-electron chi connectivity index (χ0n) is 9.31. The predicted molar refractivity (Wildman–Crippen MR) is 53.9 cm³/mol. The first-order chi connectivity index (χ1) is 8.01. The summed E-state index contributed by atoms with van der Waals surface area (Å²) in [5.41, 5.74) is 0. The lowest BCUT2D eigenvalue weighted by molar-refractivity contribution is -0.234. The van der Waals surface area contributed by atoms with Crippen LogP contribution in [-0.4, -0.2) is 70.4 Å². The second-order valence-corrected chi connectivity index (χ2v) is 3.61. The number of hydrogen-bond acceptors (Lipinski definition) is 7. The molecule has 0 aromatic rings. The molecule has 0 aromatic heterocycles. The van der Waals surface area contributed by atoms with E-state index in [-0.39, 0.29) is 6.61 Å². The topological polar surface area (TPSA) is 128 Å². The SMILES string of the molecule is CCOC(=O)N[C@@H]1O[C@H](CO)[C@H](O)[C@@H](O)[C@@H]1O. The van der Waals surface area contributed by atoms with Crippen molar-refractivity contribution in [3.05, 3.63) is 0 Å². The summed E-state index contributed by atoms with van der Waals surface area (Å²) in [6.45, 7) is 1.20. The number of nitrogens with one attached hydrogen (secondary N) is 1. The fourth-order valence-corrected chi connectivity index (χ4v) is 1.51. The van der Waals surface area contributed by atoms with Crippen LogP contribution in [-0.2, 0) is 9.47 Å². The van der Waals surface area contributed by atoms with Gasteiger partial charge in [-0.3, -0.25) is 5.32 Å². The molecule has 8 heteroatoms. The van der Waals surface area contributed by atoms with Crippen LogP contribution < -0.4 is 5.32 Å². The molecular formula is C9H17NO7. The van der Waals surface area contributed by atoms with Gasteiger partial charge in [0.15, 0.2) is 6.23 Å². The fourth-order valence-electron chi connectivity index (χ4n) is 1.51. The minimum Gasteiger partial charge on any atom is -0.450 e. The number of ether oxygens (including phenoxy) is 2. The van der Waals surface area contributed by atoms with Crippen molar-refractivity contribution in [1.29, 1.82) is 0 Å². The molecule has 0 unspecified atom stereocenters. The highest BCUT2D eigenvalue weighted by atomic mass is 16.6. The highest BCUT2D eigenvalue weighted by Crippen LogP contribution is 2.19. The van der Waals surface area contributed by atoms with Crippen LogP contribution in [0.3, 0.4) is 0 Å². The van der Waals surface area contributed by atoms with Gasteiger partial charge in [-0.1, -0.05) is 0 Å². The monoisotopic (exact) mass is 251 g/mol. The second kappa shape index (κ2) is 6.12. The van der Waals surface area contributed by atoms with E-state index in [2.05, 4.69) is 10.1 Å². The Kier molecular flexibility index (Phi) is 5.09. The van der Waals surface area contributed by atoms with Crippen molar-refractivity contribution >= 4 is 6.09 Å². The maximum absolute atomic E-state index is 11.1. The van der Waals surface area contributed by atoms with E-state index in [4.69, 9.17) is 9.84 Å². The van der Waals surface area contributed by atoms with Crippen LogP contribution in [0.4, 0.5) is 4.79 Å². The molecule has 1 heterocycles. The van der Waals surface area contributed by atoms with Gasteiger partial charge in [-0.2, -0.15) is 0 Å². The van der Waals surface area contributed by atoms with Gasteiger partial charge in [-0.25, -0.2) is 4.79 Å². The Morgan fingerprint density at radius 1 is 1.29 bits per heavy atom. The first-order valence-corrected chi connectivity index (χ1v) is 5.25. The molecule has 17 heavy (non-hydrogen) atoms. The molecule has 1 fully saturated rings. The van der Waals surface area contributed by atoms with Gasteiger partial charge < -0.3 is 29.9 Å². The predicted octanol–water partition coefficient (Wildman–Crippen LogP) is -2.47. The maximum atomic E-state index is 11.1. The molecule has 100 valence electrons. The van der Waals surface area contributed by atoms with Crippen molar-refractivity contribution < 1.29 is 34.7 Å². The Morgan fingerprint density at radius 2 is 1.94 bits per heavy atom. The largest absolute Gasteiger partial charge is 0.450 e. The van der Waals surface area contributed by atoms with Crippen LogP contribution in [0.1, 0.15) is 6.92 Å². The Morgan fingerprint density at radius 3 is 2.47 bits per heavy atom. The molecule has 0 radical (unpaired) electrons. The van der Waals surface area contributed by atoms with Crippen molar-refractivity contribution in [2.45, 2.75) is 37.6 Å². The van der Waals surface area contributed by atoms with Gasteiger partial charge in [0.2, 0.25) is 0 Å². The molecule has 1 rings (SSSR count). The Hall–Kier alpha value is -0.930. The third kappa shape index (κ3) is 3.27. The van der Waals surface area contributed by atoms with Crippen LogP contribution in [0.15, 0.2) is 0 Å². The highest BCUT2D eigenvalue weighted by molar-refractivity contribution is 5.67. The van der Waals surface area contributed by atoms with Crippen LogP contribution in [0.5, 0.6) is 0 Å². The Balaban J connectivity index is 2.62. The van der Waals surface area contributed by atoms with Crippen molar-refractivity contribution in [3.63, 3.8) is 0 Å². The molecule has 0 bridgehead atoms. The number of amides is 1. The first kappa shape index (κ1) is 14.1. The van der Waals surface area contributed by atoms with E-state index in [1.165, 1.54) is 0 Å². The van der Waals surface area contributed by atoms with Crippen LogP contribution in [0.2, 0.25) is 0 Å². The van der Waals surface area contributed by atoms with E-state index < -0.39 is 43.3 Å². The number of carbonyl (C=O) groups excluding carboxylic acids is 1. The summed E-state index contributed by atoms with van der Waals surface area (Å²) < 4.78 is 9.60. The number of aliphatic hydroxyl groups is 4. The minimum absolute atomic E-state index is 0.142. The van der Waals surface area contributed by atoms with Crippen LogP contribution in [0, 0.1) is 0 Å². The Labute approximate surface area is 97.8 Å². The minimum atomic E-state index is -1.52. The maximum Gasteiger partial charge on any atom is 0.409 e. The summed E-state index contributed by atoms with van der Waals surface area (Å²) in [6, 6.07) is 0. The highest BCUT2D eigenvalue weighted by Gasteiger charge is 2.44. The molecule has 0 saturated carbocycles. The number of carbonyl (C=O) groups is 1. The number of aliphatic hydroxyl groups excluding tert-OH is 4. The summed E-state index contributed by atoms with van der Waals surface area (Å²) in [4.78, 5) is 11.1. The van der Waals surface area contributed by atoms with Gasteiger partial charge in [0.1, 0.15) is 24.4 Å². The number of hydrogen-bond donors (Lipinski definition) is 5. The molecule has 1 amide bonds. The molecule has 1 aliphatic rings. The van der Waals surface area contributed by atoms with E-state index in [1.807, 2.05) is 0 Å². The van der Waals surface area contributed by atoms with Gasteiger partial charge >= 0.3 is 6.09 Å². The molecule has 5 atom stereocenters. The first-order valence-electron chi connectivity index (χ1n) is 5.25. The number of rotatable bonds is 3. The lowest BCUT2D eigenvalue weighted by atomic mass is 9.98. The standard InChI is InChI=1S/C9H17NO7/c1-2-16-9(15)10-8-7(14)6(13)5(12)4(3-11)17-8/h4-8,11-14H,2-3H2,1H3,(H,10,15)/t4-,5+,6-,7+,8-/m1/s1. The van der Waals surface area contributed by atoms with Gasteiger partial charge in [0.05, 0.1) is 13.2 Å². The summed E-state index contributed by atoms with van der Waals surface area (Å²) >= 11 is 0. The van der Waals surface area contributed by atoms with E-state index in [1.54, 1.807) is 6.92 Å². The fraction of sp³-hybridized carbons (Fsp3) is 0.889. The zero-order valence-corrected chi connectivity index (χ0v) is 9.31. The summed E-state index contributed by atoms with van der Waals surface area (Å²) in [6.07, 6.45) is -7.60. The molecule has 1 aliphatic heterocycles. The zero-order chi connectivity index (χ0) is 13.0. The molecule has 0 spiro atoms. The lowest BCUT2D eigenvalue weighted by Crippen LogP contribution is -2.63. The molecule has 0 aromatic carbocycles. The average molecular weight is 251 g/mol. The van der Waals surface area contributed by atoms with Crippen molar-refractivity contribution in [2.24, 2.45) is 0 Å². The van der Waals surface area contributed by atoms with Gasteiger partial charge in [0.25, 0.3) is 0 Å². The smallest absolute Gasteiger partial charge is 0.409 e. The summed E-state index contributed by atoms with van der Waals surface area (Å²) in [5.74, 6) is 0. The number of alkyl carbamates (subject to hydrolysis) is 1. The average Bonchev–Trinajstić information content (AvgIpc) is 2.30. The van der Waals surface area contributed by atoms with Gasteiger partial charge in [-0.05, 0) is 6.92 Å². The molecule has 5 N–H and O–H groups in total. The van der Waals surface area contributed by atoms with E-state index in [0.717, 1.165) is 0 Å². The summed E-state index contributed by atoms with van der Waals surface area (Å²) in [5, 5.41) is 39.5. The molecule has 0 aliphatic carbocycles. The normalized spacial score (nSPS) is 37.6. The van der Waals surface area contributed by atoms with Crippen molar-refractivity contribution in [3.8, 4) is 0 Å². The molecule has 8 nitrogen and oxygen atoms in total. The molecular weight excluding hydrogens is 234 g/mol. The summed E-state index contributed by atoms with van der Waals surface area (Å²) in [7, 11) is 0. The molecule has 1 saturated heterocycles. The van der Waals surface area contributed by atoms with E-state index in [0.29, 0.717) is 0 Å². The van der Waals surface area contributed by atoms with Gasteiger partial charge in [0, 0.05) is 0 Å². The second-order valence-electron chi connectivity index (χ2n) is 3.61.